The average Bonchev–Trinajstić information content (AvgIpc) is 2.31. The summed E-state index contributed by atoms with van der Waals surface area (Å²) in [7, 11) is 0. The second-order valence-corrected chi connectivity index (χ2v) is 4.91. The first-order valence-corrected chi connectivity index (χ1v) is 6.37. The summed E-state index contributed by atoms with van der Waals surface area (Å²) >= 11 is 3.45. The Kier molecular flexibility index (Phi) is 5.28. The van der Waals surface area contributed by atoms with Crippen LogP contribution in [0.1, 0.15) is 25.8 Å². The van der Waals surface area contributed by atoms with Crippen molar-refractivity contribution in [2.24, 2.45) is 10.9 Å². The first-order chi connectivity index (χ1) is 8.06. The van der Waals surface area contributed by atoms with Crippen molar-refractivity contribution >= 4 is 27.5 Å². The number of hydrogen-bond acceptors (Lipinski definition) is 3. The van der Waals surface area contributed by atoms with E-state index in [1.807, 2.05) is 19.1 Å². The van der Waals surface area contributed by atoms with Crippen LogP contribution in [0.15, 0.2) is 27.8 Å². The molecule has 5 heteroatoms. The molecular weight excluding hydrogens is 282 g/mol. The standard InChI is InChI=1S/C12H18BrN3O/c1-3-9-7-10(13)4-5-11(9)15-8(2)6-12(14)16-17/h4-5,7-8,15,17H,3,6H2,1-2H3,(H2,14,16). The predicted octanol–water partition coefficient (Wildman–Crippen LogP) is 2.95. The molecule has 0 aliphatic carbocycles. The van der Waals surface area contributed by atoms with Crippen LogP contribution in [-0.2, 0) is 6.42 Å². The van der Waals surface area contributed by atoms with Gasteiger partial charge in [0, 0.05) is 22.6 Å². The smallest absolute Gasteiger partial charge is 0.141 e. The lowest BCUT2D eigenvalue weighted by atomic mass is 10.1. The molecule has 0 bridgehead atoms. The maximum absolute atomic E-state index is 8.52. The Balaban J connectivity index is 2.74. The van der Waals surface area contributed by atoms with Crippen LogP contribution in [0, 0.1) is 0 Å². The van der Waals surface area contributed by atoms with Gasteiger partial charge in [0.1, 0.15) is 5.84 Å². The van der Waals surface area contributed by atoms with Gasteiger partial charge in [-0.25, -0.2) is 0 Å². The molecule has 0 radical (unpaired) electrons. The van der Waals surface area contributed by atoms with Gasteiger partial charge in [-0.3, -0.25) is 0 Å². The summed E-state index contributed by atoms with van der Waals surface area (Å²) in [5.41, 5.74) is 7.81. The number of benzene rings is 1. The highest BCUT2D eigenvalue weighted by molar-refractivity contribution is 9.10. The van der Waals surface area contributed by atoms with Crippen LogP contribution < -0.4 is 11.1 Å². The van der Waals surface area contributed by atoms with Crippen LogP contribution in [0.3, 0.4) is 0 Å². The molecule has 17 heavy (non-hydrogen) atoms. The third kappa shape index (κ3) is 4.26. The Morgan fingerprint density at radius 3 is 2.88 bits per heavy atom. The van der Waals surface area contributed by atoms with E-state index >= 15 is 0 Å². The quantitative estimate of drug-likeness (QED) is 0.339. The van der Waals surface area contributed by atoms with Gasteiger partial charge in [-0.1, -0.05) is 28.0 Å². The monoisotopic (exact) mass is 299 g/mol. The minimum Gasteiger partial charge on any atom is -0.409 e. The summed E-state index contributed by atoms with van der Waals surface area (Å²) in [4.78, 5) is 0. The van der Waals surface area contributed by atoms with Crippen LogP contribution in [-0.4, -0.2) is 17.1 Å². The van der Waals surface area contributed by atoms with Crippen molar-refractivity contribution in [1.82, 2.24) is 0 Å². The average molecular weight is 300 g/mol. The van der Waals surface area contributed by atoms with Crippen LogP contribution in [0.4, 0.5) is 5.69 Å². The number of hydrogen-bond donors (Lipinski definition) is 3. The number of anilines is 1. The van der Waals surface area contributed by atoms with Gasteiger partial charge >= 0.3 is 0 Å². The molecule has 4 nitrogen and oxygen atoms in total. The maximum atomic E-state index is 8.52. The molecule has 1 atom stereocenters. The maximum Gasteiger partial charge on any atom is 0.141 e. The van der Waals surface area contributed by atoms with Gasteiger partial charge in [-0.2, -0.15) is 0 Å². The lowest BCUT2D eigenvalue weighted by Gasteiger charge is -2.17. The van der Waals surface area contributed by atoms with E-state index in [1.54, 1.807) is 0 Å². The number of nitrogens with zero attached hydrogens (tertiary/aromatic N) is 1. The highest BCUT2D eigenvalue weighted by atomic mass is 79.9. The van der Waals surface area contributed by atoms with Crippen molar-refractivity contribution in [2.75, 3.05) is 5.32 Å². The molecule has 1 aromatic carbocycles. The summed E-state index contributed by atoms with van der Waals surface area (Å²) < 4.78 is 1.07. The molecule has 0 amide bonds. The van der Waals surface area contributed by atoms with Crippen LogP contribution in [0.25, 0.3) is 0 Å². The summed E-state index contributed by atoms with van der Waals surface area (Å²) in [5.74, 6) is 0.236. The van der Waals surface area contributed by atoms with E-state index in [0.717, 1.165) is 16.6 Å². The highest BCUT2D eigenvalue weighted by Gasteiger charge is 2.08. The van der Waals surface area contributed by atoms with Crippen LogP contribution in [0.5, 0.6) is 0 Å². The number of oxime groups is 1. The fourth-order valence-electron chi connectivity index (χ4n) is 1.67. The number of rotatable bonds is 5. The number of nitrogens with one attached hydrogen (secondary N) is 1. The number of nitrogens with two attached hydrogens (primary N) is 1. The van der Waals surface area contributed by atoms with Gasteiger partial charge in [0.25, 0.3) is 0 Å². The minimum atomic E-state index is 0.123. The van der Waals surface area contributed by atoms with Crippen molar-refractivity contribution in [3.8, 4) is 0 Å². The van der Waals surface area contributed by atoms with Crippen LogP contribution >= 0.6 is 15.9 Å². The van der Waals surface area contributed by atoms with Gasteiger partial charge in [-0.05, 0) is 37.1 Å². The summed E-state index contributed by atoms with van der Waals surface area (Å²) in [6, 6.07) is 6.25. The van der Waals surface area contributed by atoms with E-state index in [1.165, 1.54) is 5.56 Å². The second kappa shape index (κ2) is 6.49. The van der Waals surface area contributed by atoms with E-state index in [0.29, 0.717) is 6.42 Å². The third-order valence-electron chi connectivity index (χ3n) is 2.49. The number of amidine groups is 1. The van der Waals surface area contributed by atoms with Crippen molar-refractivity contribution in [2.45, 2.75) is 32.7 Å². The normalized spacial score (nSPS) is 13.5. The lowest BCUT2D eigenvalue weighted by Crippen LogP contribution is -2.24. The largest absolute Gasteiger partial charge is 0.409 e. The van der Waals surface area contributed by atoms with Crippen molar-refractivity contribution in [3.05, 3.63) is 28.2 Å². The molecule has 0 saturated carbocycles. The van der Waals surface area contributed by atoms with E-state index in [2.05, 4.69) is 39.4 Å². The predicted molar refractivity (Wildman–Crippen MR) is 74.6 cm³/mol. The number of aryl methyl sites for hydroxylation is 1. The topological polar surface area (TPSA) is 70.6 Å². The second-order valence-electron chi connectivity index (χ2n) is 4.00. The molecule has 1 aromatic rings. The van der Waals surface area contributed by atoms with Gasteiger partial charge in [0.05, 0.1) is 0 Å². The number of halogens is 1. The Hall–Kier alpha value is -1.23. The molecule has 0 aliphatic heterocycles. The van der Waals surface area contributed by atoms with Gasteiger partial charge < -0.3 is 16.3 Å². The van der Waals surface area contributed by atoms with E-state index < -0.39 is 0 Å². The molecule has 4 N–H and O–H groups in total. The van der Waals surface area contributed by atoms with E-state index in [-0.39, 0.29) is 11.9 Å². The minimum absolute atomic E-state index is 0.123. The molecule has 94 valence electrons. The molecule has 0 heterocycles. The van der Waals surface area contributed by atoms with Gasteiger partial charge in [0.15, 0.2) is 0 Å². The Morgan fingerprint density at radius 1 is 1.59 bits per heavy atom. The van der Waals surface area contributed by atoms with Gasteiger partial charge in [-0.15, -0.1) is 0 Å². The lowest BCUT2D eigenvalue weighted by molar-refractivity contribution is 0.316. The molecule has 0 spiro atoms. The third-order valence-corrected chi connectivity index (χ3v) is 2.99. The zero-order valence-electron chi connectivity index (χ0n) is 10.1. The van der Waals surface area contributed by atoms with Crippen LogP contribution in [0.2, 0.25) is 0 Å². The molecule has 0 fully saturated rings. The molecule has 1 rings (SSSR count). The summed E-state index contributed by atoms with van der Waals surface area (Å²) in [5, 5.41) is 14.9. The Bertz CT molecular complexity index is 407. The first kappa shape index (κ1) is 13.8. The fourth-order valence-corrected chi connectivity index (χ4v) is 2.08. The molecule has 0 aliphatic rings. The Labute approximate surface area is 110 Å². The van der Waals surface area contributed by atoms with Gasteiger partial charge in [0.2, 0.25) is 0 Å². The summed E-state index contributed by atoms with van der Waals surface area (Å²) in [6.45, 7) is 4.11. The molecular formula is C12H18BrN3O. The SMILES string of the molecule is CCc1cc(Br)ccc1NC(C)C/C(N)=N/O. The molecule has 1 unspecified atom stereocenters. The Morgan fingerprint density at radius 2 is 2.29 bits per heavy atom. The van der Waals surface area contributed by atoms with E-state index in [9.17, 15) is 0 Å². The van der Waals surface area contributed by atoms with Crippen molar-refractivity contribution < 1.29 is 5.21 Å². The van der Waals surface area contributed by atoms with Crippen molar-refractivity contribution in [1.29, 1.82) is 0 Å². The zero-order chi connectivity index (χ0) is 12.8. The molecule has 0 aromatic heterocycles. The zero-order valence-corrected chi connectivity index (χ0v) is 11.7. The summed E-state index contributed by atoms with van der Waals surface area (Å²) in [6.07, 6.45) is 1.47. The van der Waals surface area contributed by atoms with Crippen molar-refractivity contribution in [3.63, 3.8) is 0 Å². The fraction of sp³-hybridized carbons (Fsp3) is 0.417. The molecule has 0 saturated heterocycles. The first-order valence-electron chi connectivity index (χ1n) is 5.58. The highest BCUT2D eigenvalue weighted by Crippen LogP contribution is 2.22. The van der Waals surface area contributed by atoms with E-state index in [4.69, 9.17) is 10.9 Å².